The second-order valence-electron chi connectivity index (χ2n) is 6.04. The Bertz CT molecular complexity index is 1160. The van der Waals surface area contributed by atoms with E-state index in [1.165, 1.54) is 0 Å². The van der Waals surface area contributed by atoms with Crippen molar-refractivity contribution in [1.82, 2.24) is 14.1 Å². The second kappa shape index (κ2) is 5.00. The van der Waals surface area contributed by atoms with Crippen LogP contribution in [0.1, 0.15) is 11.3 Å². The van der Waals surface area contributed by atoms with Gasteiger partial charge < -0.3 is 9.30 Å². The van der Waals surface area contributed by atoms with E-state index in [0.717, 1.165) is 44.7 Å². The molecule has 122 valence electrons. The number of pyridine rings is 1. The maximum atomic E-state index is 5.79. The Labute approximate surface area is 149 Å². The fourth-order valence-corrected chi connectivity index (χ4v) is 3.91. The third-order valence-corrected chi connectivity index (χ3v) is 5.08. The summed E-state index contributed by atoms with van der Waals surface area (Å²) in [5.74, 6) is 1.65. The number of aromatic nitrogens is 4. The molecule has 0 aliphatic carbocycles. The number of hydrogen-bond donors (Lipinski definition) is 0. The van der Waals surface area contributed by atoms with Crippen LogP contribution in [0.4, 0.5) is 0 Å². The average molecular weight is 347 g/mol. The van der Waals surface area contributed by atoms with Crippen molar-refractivity contribution in [1.29, 1.82) is 0 Å². The van der Waals surface area contributed by atoms with Gasteiger partial charge in [-0.25, -0.2) is 0 Å². The van der Waals surface area contributed by atoms with Gasteiger partial charge in [0.1, 0.15) is 5.75 Å². The van der Waals surface area contributed by atoms with Crippen molar-refractivity contribution in [3.8, 4) is 17.4 Å². The van der Waals surface area contributed by atoms with Crippen LogP contribution in [0.25, 0.3) is 22.7 Å². The lowest BCUT2D eigenvalue weighted by Crippen LogP contribution is -2.33. The number of methoxy groups -OCH3 is 1. The van der Waals surface area contributed by atoms with Gasteiger partial charge in [-0.1, -0.05) is 4.98 Å². The minimum atomic E-state index is 0.749. The van der Waals surface area contributed by atoms with Crippen molar-refractivity contribution >= 4 is 28.2 Å². The van der Waals surface area contributed by atoms with Crippen LogP contribution in [0.3, 0.4) is 0 Å². The van der Waals surface area contributed by atoms with E-state index in [9.17, 15) is 0 Å². The Morgan fingerprint density at radius 1 is 1.16 bits per heavy atom. The minimum Gasteiger partial charge on any atom is -0.496 e. The van der Waals surface area contributed by atoms with Gasteiger partial charge in [-0.05, 0) is 43.4 Å². The number of hydrogen-bond acceptors (Lipinski definition) is 3. The first kappa shape index (κ1) is 14.4. The fourth-order valence-electron chi connectivity index (χ4n) is 3.48. The zero-order valence-electron chi connectivity index (χ0n) is 13.8. The quantitative estimate of drug-likeness (QED) is 0.364. The molecule has 0 amide bonds. The van der Waals surface area contributed by atoms with E-state index in [0.29, 0.717) is 0 Å². The van der Waals surface area contributed by atoms with E-state index < -0.39 is 0 Å². The molecule has 5 nitrogen and oxygen atoms in total. The van der Waals surface area contributed by atoms with Crippen LogP contribution in [0.5, 0.6) is 5.75 Å². The molecule has 0 radical (unpaired) electrons. The van der Waals surface area contributed by atoms with Crippen molar-refractivity contribution in [2.45, 2.75) is 6.92 Å². The van der Waals surface area contributed by atoms with E-state index >= 15 is 0 Å². The lowest BCUT2D eigenvalue weighted by Gasteiger charge is -2.06. The van der Waals surface area contributed by atoms with Crippen molar-refractivity contribution in [2.24, 2.45) is 0 Å². The molecule has 4 heterocycles. The molecular weight excluding hydrogens is 332 g/mol. The summed E-state index contributed by atoms with van der Waals surface area (Å²) < 4.78 is 11.6. The predicted octanol–water partition coefficient (Wildman–Crippen LogP) is 2.96. The molecule has 0 N–H and O–H groups in total. The van der Waals surface area contributed by atoms with Gasteiger partial charge in [-0.3, -0.25) is 0 Å². The van der Waals surface area contributed by atoms with Gasteiger partial charge in [0.05, 0.1) is 13.3 Å². The topological polar surface area (TPSA) is 35.9 Å². The van der Waals surface area contributed by atoms with E-state index in [4.69, 9.17) is 21.9 Å². The highest BCUT2D eigenvalue weighted by atomic mass is 32.1. The van der Waals surface area contributed by atoms with Crippen LogP contribution in [0.15, 0.2) is 55.0 Å². The Kier molecular flexibility index (Phi) is 2.87. The van der Waals surface area contributed by atoms with Gasteiger partial charge in [-0.15, -0.1) is 0 Å². The van der Waals surface area contributed by atoms with E-state index in [-0.39, 0.29) is 0 Å². The molecule has 0 saturated carbocycles. The molecule has 0 spiro atoms. The van der Waals surface area contributed by atoms with Crippen molar-refractivity contribution in [3.05, 3.63) is 66.2 Å². The molecule has 1 aliphatic heterocycles. The maximum absolute atomic E-state index is 5.79. The van der Waals surface area contributed by atoms with Crippen LogP contribution in [0.2, 0.25) is 0 Å². The standard InChI is InChI=1S/C19H15N4OS/c1-12-16(24-2)7-10-22-17(12)18(25)23-15-11-13(21-8-3-4-9-21)5-6-14(15)20-19(22)23/h3-11H,1-2H3/q+1. The smallest absolute Gasteiger partial charge is 0.410 e. The first-order chi connectivity index (χ1) is 12.2. The molecule has 3 aromatic heterocycles. The van der Waals surface area contributed by atoms with Crippen molar-refractivity contribution in [3.63, 3.8) is 0 Å². The van der Waals surface area contributed by atoms with Gasteiger partial charge in [0, 0.05) is 35.8 Å². The molecule has 0 bridgehead atoms. The molecule has 25 heavy (non-hydrogen) atoms. The molecule has 1 aromatic carbocycles. The molecular formula is C19H15N4OS+. The van der Waals surface area contributed by atoms with Crippen LogP contribution in [0, 0.1) is 6.92 Å². The van der Waals surface area contributed by atoms with Crippen LogP contribution >= 0.6 is 12.2 Å². The summed E-state index contributed by atoms with van der Waals surface area (Å²) in [6.45, 7) is 2.02. The number of fused-ring (bicyclic) bond motifs is 5. The monoisotopic (exact) mass is 347 g/mol. The van der Waals surface area contributed by atoms with Crippen molar-refractivity contribution in [2.75, 3.05) is 7.11 Å². The van der Waals surface area contributed by atoms with E-state index in [1.807, 2.05) is 58.9 Å². The van der Waals surface area contributed by atoms with Gasteiger partial charge in [0.2, 0.25) is 4.99 Å². The lowest BCUT2D eigenvalue weighted by molar-refractivity contribution is -0.600. The summed E-state index contributed by atoms with van der Waals surface area (Å²) in [7, 11) is 1.68. The summed E-state index contributed by atoms with van der Waals surface area (Å²) in [4.78, 5) is 5.54. The van der Waals surface area contributed by atoms with Gasteiger partial charge >= 0.3 is 5.95 Å². The van der Waals surface area contributed by atoms with E-state index in [1.54, 1.807) is 7.11 Å². The maximum Gasteiger partial charge on any atom is 0.410 e. The van der Waals surface area contributed by atoms with Crippen LogP contribution in [-0.4, -0.2) is 26.2 Å². The van der Waals surface area contributed by atoms with Gasteiger partial charge in [-0.2, -0.15) is 9.13 Å². The van der Waals surface area contributed by atoms with Crippen LogP contribution in [-0.2, 0) is 0 Å². The van der Waals surface area contributed by atoms with Crippen LogP contribution < -0.4 is 9.30 Å². The molecule has 0 atom stereocenters. The SMILES string of the molecule is COc1cc[n+]2c(c1C)C(=S)n1c-2nc2ccc(-n3cccc3)cc21. The summed E-state index contributed by atoms with van der Waals surface area (Å²) >= 11 is 5.79. The lowest BCUT2D eigenvalue weighted by atomic mass is 10.2. The molecule has 0 saturated heterocycles. The Morgan fingerprint density at radius 3 is 2.72 bits per heavy atom. The summed E-state index contributed by atoms with van der Waals surface area (Å²) in [6, 6.07) is 12.2. The highest BCUT2D eigenvalue weighted by molar-refractivity contribution is 7.80. The fraction of sp³-hybridized carbons (Fsp3) is 0.105. The first-order valence-corrected chi connectivity index (χ1v) is 8.40. The molecule has 4 aromatic rings. The predicted molar refractivity (Wildman–Crippen MR) is 99.0 cm³/mol. The number of benzene rings is 1. The third-order valence-electron chi connectivity index (χ3n) is 4.70. The Hall–Kier alpha value is -2.99. The Morgan fingerprint density at radius 2 is 1.96 bits per heavy atom. The highest BCUT2D eigenvalue weighted by Gasteiger charge is 2.37. The highest BCUT2D eigenvalue weighted by Crippen LogP contribution is 2.29. The third kappa shape index (κ3) is 1.85. The van der Waals surface area contributed by atoms with Gasteiger partial charge in [0.25, 0.3) is 0 Å². The minimum absolute atomic E-state index is 0.749. The second-order valence-corrected chi connectivity index (χ2v) is 6.43. The number of ether oxygens (including phenoxy) is 1. The number of rotatable bonds is 2. The first-order valence-electron chi connectivity index (χ1n) is 7.99. The zero-order chi connectivity index (χ0) is 17.1. The van der Waals surface area contributed by atoms with Crippen molar-refractivity contribution < 1.29 is 9.30 Å². The Balaban J connectivity index is 1.78. The largest absolute Gasteiger partial charge is 0.496 e. The number of nitrogens with zero attached hydrogens (tertiary/aromatic N) is 4. The van der Waals surface area contributed by atoms with E-state index in [2.05, 4.69) is 16.7 Å². The summed E-state index contributed by atoms with van der Waals surface area (Å²) in [5.41, 5.74) is 5.01. The molecule has 0 unspecified atom stereocenters. The summed E-state index contributed by atoms with van der Waals surface area (Å²) in [6.07, 6.45) is 6.02. The summed E-state index contributed by atoms with van der Waals surface area (Å²) in [5, 5.41) is 0. The molecule has 5 rings (SSSR count). The molecule has 0 fully saturated rings. The zero-order valence-corrected chi connectivity index (χ0v) is 14.6. The normalized spacial score (nSPS) is 12.5. The van der Waals surface area contributed by atoms with Gasteiger partial charge in [0.15, 0.2) is 16.7 Å². The molecule has 6 heteroatoms. The number of imidazole rings is 1. The molecule has 1 aliphatic rings. The number of thiocarbonyl (C=S) groups is 1. The average Bonchev–Trinajstić information content (AvgIpc) is 3.32.